The first-order valence-corrected chi connectivity index (χ1v) is 7.62. The quantitative estimate of drug-likeness (QED) is 0.655. The summed E-state index contributed by atoms with van der Waals surface area (Å²) in [4.78, 5) is 8.57. The molecule has 0 aromatic carbocycles. The van der Waals surface area contributed by atoms with Crippen molar-refractivity contribution in [1.29, 1.82) is 0 Å². The van der Waals surface area contributed by atoms with Gasteiger partial charge in [-0.15, -0.1) is 0 Å². The number of hydrogen-bond donors (Lipinski definition) is 2. The van der Waals surface area contributed by atoms with Gasteiger partial charge in [0.2, 0.25) is 0 Å². The van der Waals surface area contributed by atoms with Crippen LogP contribution in [0.2, 0.25) is 0 Å². The number of methoxy groups -OCH3 is 1. The van der Waals surface area contributed by atoms with E-state index in [1.54, 1.807) is 7.11 Å². The van der Waals surface area contributed by atoms with Crippen LogP contribution in [0, 0.1) is 0 Å². The van der Waals surface area contributed by atoms with Gasteiger partial charge in [-0.1, -0.05) is 12.1 Å². The van der Waals surface area contributed by atoms with Crippen molar-refractivity contribution in [3.05, 3.63) is 60.2 Å². The van der Waals surface area contributed by atoms with Crippen LogP contribution < -0.4 is 10.6 Å². The predicted octanol–water partition coefficient (Wildman–Crippen LogP) is 1.76. The highest BCUT2D eigenvalue weighted by atomic mass is 16.5. The van der Waals surface area contributed by atoms with E-state index in [1.807, 2.05) is 48.8 Å². The van der Waals surface area contributed by atoms with Gasteiger partial charge in [0.15, 0.2) is 0 Å². The van der Waals surface area contributed by atoms with Crippen LogP contribution in [0.3, 0.4) is 0 Å². The molecule has 0 saturated heterocycles. The molecule has 0 spiro atoms. The predicted molar refractivity (Wildman–Crippen MR) is 87.3 cm³/mol. The van der Waals surface area contributed by atoms with E-state index in [4.69, 9.17) is 4.74 Å². The molecular formula is C17H24N4O. The molecule has 5 heteroatoms. The first kappa shape index (κ1) is 16.5. The molecule has 0 fully saturated rings. The molecule has 118 valence electrons. The van der Waals surface area contributed by atoms with Gasteiger partial charge in [0.1, 0.15) is 0 Å². The fraction of sp³-hybridized carbons (Fsp3) is 0.412. The Bertz CT molecular complexity index is 507. The zero-order chi connectivity index (χ0) is 15.5. The summed E-state index contributed by atoms with van der Waals surface area (Å²) in [6, 6.07) is 11.9. The van der Waals surface area contributed by atoms with Gasteiger partial charge < -0.3 is 15.4 Å². The van der Waals surface area contributed by atoms with Crippen molar-refractivity contribution in [1.82, 2.24) is 20.6 Å². The Morgan fingerprint density at radius 1 is 0.955 bits per heavy atom. The van der Waals surface area contributed by atoms with Gasteiger partial charge >= 0.3 is 0 Å². The molecule has 2 aromatic heterocycles. The molecule has 5 nitrogen and oxygen atoms in total. The van der Waals surface area contributed by atoms with Gasteiger partial charge in [0, 0.05) is 39.1 Å². The third kappa shape index (κ3) is 6.30. The summed E-state index contributed by atoms with van der Waals surface area (Å²) in [6.45, 7) is 3.28. The lowest BCUT2D eigenvalue weighted by atomic mass is 10.2. The SMILES string of the molecule is CO[C@H](CCNCc1ccccn1)CNCc1ccccn1. The average molecular weight is 300 g/mol. The van der Waals surface area contributed by atoms with Crippen LogP contribution in [0.1, 0.15) is 17.8 Å². The molecule has 2 heterocycles. The molecule has 2 N–H and O–H groups in total. The minimum absolute atomic E-state index is 0.194. The summed E-state index contributed by atoms with van der Waals surface area (Å²) in [5.74, 6) is 0. The summed E-state index contributed by atoms with van der Waals surface area (Å²) in [5, 5.41) is 6.78. The highest BCUT2D eigenvalue weighted by Gasteiger charge is 2.06. The van der Waals surface area contributed by atoms with E-state index in [0.717, 1.165) is 44.0 Å². The molecule has 0 aliphatic heterocycles. The van der Waals surface area contributed by atoms with Gasteiger partial charge in [0.25, 0.3) is 0 Å². The highest BCUT2D eigenvalue weighted by molar-refractivity contribution is 5.03. The third-order valence-corrected chi connectivity index (χ3v) is 3.41. The lowest BCUT2D eigenvalue weighted by Crippen LogP contribution is -2.31. The molecule has 22 heavy (non-hydrogen) atoms. The second-order valence-corrected chi connectivity index (χ2v) is 5.10. The summed E-state index contributed by atoms with van der Waals surface area (Å²) in [6.07, 6.45) is 4.78. The lowest BCUT2D eigenvalue weighted by molar-refractivity contribution is 0.0940. The molecule has 0 bridgehead atoms. The first-order chi connectivity index (χ1) is 10.9. The van der Waals surface area contributed by atoms with Crippen LogP contribution in [0.25, 0.3) is 0 Å². The maximum atomic E-state index is 5.50. The van der Waals surface area contributed by atoms with Crippen LogP contribution in [-0.4, -0.2) is 36.3 Å². The first-order valence-electron chi connectivity index (χ1n) is 7.62. The Kier molecular flexibility index (Phi) is 7.52. The Morgan fingerprint density at radius 3 is 2.14 bits per heavy atom. The fourth-order valence-electron chi connectivity index (χ4n) is 2.15. The number of pyridine rings is 2. The van der Waals surface area contributed by atoms with E-state index in [-0.39, 0.29) is 6.10 Å². The lowest BCUT2D eigenvalue weighted by Gasteiger charge is -2.16. The van der Waals surface area contributed by atoms with E-state index in [2.05, 4.69) is 20.6 Å². The summed E-state index contributed by atoms with van der Waals surface area (Å²) < 4.78 is 5.50. The van der Waals surface area contributed by atoms with Crippen LogP contribution in [-0.2, 0) is 17.8 Å². The van der Waals surface area contributed by atoms with Crippen LogP contribution in [0.5, 0.6) is 0 Å². The molecular weight excluding hydrogens is 276 g/mol. The van der Waals surface area contributed by atoms with E-state index in [1.165, 1.54) is 0 Å². The monoisotopic (exact) mass is 300 g/mol. The Hall–Kier alpha value is -1.82. The van der Waals surface area contributed by atoms with Crippen molar-refractivity contribution < 1.29 is 4.74 Å². The van der Waals surface area contributed by atoms with E-state index < -0.39 is 0 Å². The van der Waals surface area contributed by atoms with Gasteiger partial charge in [0.05, 0.1) is 17.5 Å². The second kappa shape index (κ2) is 10.00. The largest absolute Gasteiger partial charge is 0.380 e. The maximum Gasteiger partial charge on any atom is 0.0707 e. The van der Waals surface area contributed by atoms with Crippen molar-refractivity contribution in [3.63, 3.8) is 0 Å². The molecule has 0 amide bonds. The van der Waals surface area contributed by atoms with Crippen molar-refractivity contribution in [2.75, 3.05) is 20.2 Å². The number of nitrogens with zero attached hydrogens (tertiary/aromatic N) is 2. The summed E-state index contributed by atoms with van der Waals surface area (Å²) in [7, 11) is 1.76. The van der Waals surface area contributed by atoms with Crippen LogP contribution >= 0.6 is 0 Å². The molecule has 0 radical (unpaired) electrons. The molecule has 0 aliphatic carbocycles. The molecule has 1 atom stereocenters. The smallest absolute Gasteiger partial charge is 0.0707 e. The minimum Gasteiger partial charge on any atom is -0.380 e. The van der Waals surface area contributed by atoms with Gasteiger partial charge in [-0.3, -0.25) is 9.97 Å². The maximum absolute atomic E-state index is 5.50. The Morgan fingerprint density at radius 2 is 1.59 bits per heavy atom. The van der Waals surface area contributed by atoms with Gasteiger partial charge in [-0.25, -0.2) is 0 Å². The molecule has 0 aliphatic rings. The fourth-order valence-corrected chi connectivity index (χ4v) is 2.15. The number of hydrogen-bond acceptors (Lipinski definition) is 5. The van der Waals surface area contributed by atoms with Crippen LogP contribution in [0.15, 0.2) is 48.8 Å². The summed E-state index contributed by atoms with van der Waals surface area (Å²) in [5.41, 5.74) is 2.11. The molecule has 0 saturated carbocycles. The third-order valence-electron chi connectivity index (χ3n) is 3.41. The Labute approximate surface area is 132 Å². The zero-order valence-corrected chi connectivity index (χ0v) is 13.0. The van der Waals surface area contributed by atoms with Gasteiger partial charge in [-0.05, 0) is 37.2 Å². The van der Waals surface area contributed by atoms with Crippen molar-refractivity contribution in [2.45, 2.75) is 25.6 Å². The number of ether oxygens (including phenoxy) is 1. The topological polar surface area (TPSA) is 59.1 Å². The number of nitrogens with one attached hydrogen (secondary N) is 2. The van der Waals surface area contributed by atoms with E-state index in [0.29, 0.717) is 0 Å². The number of rotatable bonds is 10. The van der Waals surface area contributed by atoms with Crippen molar-refractivity contribution in [2.24, 2.45) is 0 Å². The number of aromatic nitrogens is 2. The molecule has 2 aromatic rings. The van der Waals surface area contributed by atoms with Gasteiger partial charge in [-0.2, -0.15) is 0 Å². The zero-order valence-electron chi connectivity index (χ0n) is 13.0. The average Bonchev–Trinajstić information content (AvgIpc) is 2.59. The minimum atomic E-state index is 0.194. The summed E-state index contributed by atoms with van der Waals surface area (Å²) >= 11 is 0. The highest BCUT2D eigenvalue weighted by Crippen LogP contribution is 1.98. The van der Waals surface area contributed by atoms with Crippen molar-refractivity contribution >= 4 is 0 Å². The van der Waals surface area contributed by atoms with E-state index >= 15 is 0 Å². The standard InChI is InChI=1S/C17H24N4O/c1-22-17(14-19-13-16-7-3-5-10-21-16)8-11-18-12-15-6-2-4-9-20-15/h2-7,9-10,17-19H,8,11-14H2,1H3/t17-/m1/s1. The molecule has 2 rings (SSSR count). The molecule has 0 unspecified atom stereocenters. The normalized spacial score (nSPS) is 12.2. The van der Waals surface area contributed by atoms with E-state index in [9.17, 15) is 0 Å². The van der Waals surface area contributed by atoms with Crippen LogP contribution in [0.4, 0.5) is 0 Å². The second-order valence-electron chi connectivity index (χ2n) is 5.10. The Balaban J connectivity index is 1.58. The van der Waals surface area contributed by atoms with Crippen molar-refractivity contribution in [3.8, 4) is 0 Å².